The summed E-state index contributed by atoms with van der Waals surface area (Å²) in [7, 11) is 1.53. The van der Waals surface area contributed by atoms with Crippen molar-refractivity contribution in [3.05, 3.63) is 29.0 Å². The number of methoxy groups -OCH3 is 1. The van der Waals surface area contributed by atoms with Crippen LogP contribution in [0.15, 0.2) is 18.2 Å². The lowest BCUT2D eigenvalue weighted by Crippen LogP contribution is -2.12. The molecule has 6 nitrogen and oxygen atoms in total. The Morgan fingerprint density at radius 1 is 1.53 bits per heavy atom. The lowest BCUT2D eigenvalue weighted by molar-refractivity contribution is 0.0991. The van der Waals surface area contributed by atoms with Gasteiger partial charge in [-0.1, -0.05) is 11.6 Å². The molecule has 0 saturated heterocycles. The van der Waals surface area contributed by atoms with Gasteiger partial charge in [-0.3, -0.25) is 9.89 Å². The molecule has 1 aromatic carbocycles. The van der Waals surface area contributed by atoms with E-state index in [4.69, 9.17) is 22.1 Å². The second-order valence-corrected chi connectivity index (χ2v) is 3.63. The molecule has 88 valence electrons. The predicted molar refractivity (Wildman–Crippen MR) is 61.9 cm³/mol. The van der Waals surface area contributed by atoms with Gasteiger partial charge in [-0.2, -0.15) is 5.10 Å². The number of primary amides is 1. The third-order valence-electron chi connectivity index (χ3n) is 2.13. The molecule has 0 atom stereocenters. The zero-order valence-electron chi connectivity index (χ0n) is 8.90. The molecule has 0 fully saturated rings. The van der Waals surface area contributed by atoms with E-state index in [1.165, 1.54) is 7.11 Å². The minimum atomic E-state index is -0.664. The number of hydrogen-bond donors (Lipinski definition) is 2. The van der Waals surface area contributed by atoms with E-state index in [1.54, 1.807) is 18.2 Å². The van der Waals surface area contributed by atoms with Crippen LogP contribution in [0.3, 0.4) is 0 Å². The van der Waals surface area contributed by atoms with E-state index in [2.05, 4.69) is 15.2 Å². The molecule has 1 amide bonds. The summed E-state index contributed by atoms with van der Waals surface area (Å²) >= 11 is 5.97. The standard InChI is InChI=1S/C10H9ClN4O2/c1-17-7-3-2-5(4-6(7)11)9-13-10(8(12)16)15-14-9/h2-4H,1H3,(H2,12,16)(H,13,14,15). The highest BCUT2D eigenvalue weighted by atomic mass is 35.5. The predicted octanol–water partition coefficient (Wildman–Crippen LogP) is 1.23. The summed E-state index contributed by atoms with van der Waals surface area (Å²) in [4.78, 5) is 14.8. The molecular formula is C10H9ClN4O2. The number of carbonyl (C=O) groups excluding carboxylic acids is 1. The Balaban J connectivity index is 2.39. The first-order valence-electron chi connectivity index (χ1n) is 4.68. The maximum absolute atomic E-state index is 10.9. The number of nitrogens with zero attached hydrogens (tertiary/aromatic N) is 2. The summed E-state index contributed by atoms with van der Waals surface area (Å²) < 4.78 is 5.02. The highest BCUT2D eigenvalue weighted by Gasteiger charge is 2.11. The largest absolute Gasteiger partial charge is 0.495 e. The van der Waals surface area contributed by atoms with Gasteiger partial charge in [0.15, 0.2) is 5.82 Å². The molecule has 2 aromatic rings. The Kier molecular flexibility index (Phi) is 2.97. The molecule has 0 aliphatic heterocycles. The molecule has 7 heteroatoms. The number of rotatable bonds is 3. The molecule has 1 aromatic heterocycles. The fourth-order valence-electron chi connectivity index (χ4n) is 1.31. The molecule has 2 rings (SSSR count). The average Bonchev–Trinajstić information content (AvgIpc) is 2.78. The monoisotopic (exact) mass is 252 g/mol. The lowest BCUT2D eigenvalue weighted by Gasteiger charge is -2.03. The van der Waals surface area contributed by atoms with Crippen molar-refractivity contribution in [1.82, 2.24) is 15.2 Å². The molecule has 1 heterocycles. The van der Waals surface area contributed by atoms with Crippen LogP contribution in [0.4, 0.5) is 0 Å². The first-order chi connectivity index (χ1) is 8.11. The van der Waals surface area contributed by atoms with Crippen LogP contribution in [0, 0.1) is 0 Å². The normalized spacial score (nSPS) is 10.2. The number of aromatic nitrogens is 3. The molecule has 0 unspecified atom stereocenters. The molecular weight excluding hydrogens is 244 g/mol. The Morgan fingerprint density at radius 3 is 2.82 bits per heavy atom. The van der Waals surface area contributed by atoms with E-state index in [9.17, 15) is 4.79 Å². The molecule has 0 spiro atoms. The van der Waals surface area contributed by atoms with Crippen LogP contribution in [-0.4, -0.2) is 28.2 Å². The van der Waals surface area contributed by atoms with Gasteiger partial charge in [0.1, 0.15) is 5.75 Å². The van der Waals surface area contributed by atoms with Gasteiger partial charge in [0.2, 0.25) is 5.82 Å². The van der Waals surface area contributed by atoms with Gasteiger partial charge in [0.05, 0.1) is 12.1 Å². The van der Waals surface area contributed by atoms with E-state index in [0.717, 1.165) is 0 Å². The van der Waals surface area contributed by atoms with Gasteiger partial charge in [-0.05, 0) is 18.2 Å². The minimum Gasteiger partial charge on any atom is -0.495 e. The number of ether oxygens (including phenoxy) is 1. The SMILES string of the molecule is COc1ccc(-c2n[nH]c(C(N)=O)n2)cc1Cl. The van der Waals surface area contributed by atoms with E-state index >= 15 is 0 Å². The van der Waals surface area contributed by atoms with E-state index < -0.39 is 5.91 Å². The van der Waals surface area contributed by atoms with Gasteiger partial charge in [0.25, 0.3) is 5.91 Å². The third kappa shape index (κ3) is 2.21. The highest BCUT2D eigenvalue weighted by molar-refractivity contribution is 6.32. The molecule has 3 N–H and O–H groups in total. The van der Waals surface area contributed by atoms with Crippen molar-refractivity contribution in [3.8, 4) is 17.1 Å². The first-order valence-corrected chi connectivity index (χ1v) is 5.05. The van der Waals surface area contributed by atoms with Gasteiger partial charge in [0, 0.05) is 5.56 Å². The number of amides is 1. The lowest BCUT2D eigenvalue weighted by atomic mass is 10.2. The van der Waals surface area contributed by atoms with Crippen LogP contribution in [0.25, 0.3) is 11.4 Å². The number of benzene rings is 1. The van der Waals surface area contributed by atoms with E-state index in [-0.39, 0.29) is 5.82 Å². The average molecular weight is 253 g/mol. The summed E-state index contributed by atoms with van der Waals surface area (Å²) in [6, 6.07) is 5.07. The quantitative estimate of drug-likeness (QED) is 0.859. The van der Waals surface area contributed by atoms with Crippen molar-refractivity contribution in [2.24, 2.45) is 5.73 Å². The Hall–Kier alpha value is -2.08. The first kappa shape index (κ1) is 11.4. The summed E-state index contributed by atoms with van der Waals surface area (Å²) in [5.74, 6) is 0.250. The number of hydrogen-bond acceptors (Lipinski definition) is 4. The highest BCUT2D eigenvalue weighted by Crippen LogP contribution is 2.28. The van der Waals surface area contributed by atoms with Crippen molar-refractivity contribution >= 4 is 17.5 Å². The summed E-state index contributed by atoms with van der Waals surface area (Å²) in [5, 5.41) is 6.75. The Labute approximate surface area is 102 Å². The molecule has 0 aliphatic rings. The van der Waals surface area contributed by atoms with Crippen molar-refractivity contribution in [2.45, 2.75) is 0 Å². The third-order valence-corrected chi connectivity index (χ3v) is 2.42. The van der Waals surface area contributed by atoms with Crippen LogP contribution in [0.1, 0.15) is 10.6 Å². The number of H-pyrrole nitrogens is 1. The maximum Gasteiger partial charge on any atom is 0.286 e. The minimum absolute atomic E-state index is 0.00643. The second-order valence-electron chi connectivity index (χ2n) is 3.22. The van der Waals surface area contributed by atoms with Crippen LogP contribution in [-0.2, 0) is 0 Å². The Morgan fingerprint density at radius 2 is 2.29 bits per heavy atom. The van der Waals surface area contributed by atoms with Crippen molar-refractivity contribution in [2.75, 3.05) is 7.11 Å². The van der Waals surface area contributed by atoms with Crippen molar-refractivity contribution < 1.29 is 9.53 Å². The Bertz CT molecular complexity index is 567. The summed E-state index contributed by atoms with van der Waals surface area (Å²) in [6.07, 6.45) is 0. The van der Waals surface area contributed by atoms with Gasteiger partial charge < -0.3 is 10.5 Å². The van der Waals surface area contributed by atoms with Crippen LogP contribution < -0.4 is 10.5 Å². The number of nitrogens with two attached hydrogens (primary N) is 1. The van der Waals surface area contributed by atoms with Gasteiger partial charge >= 0.3 is 0 Å². The summed E-state index contributed by atoms with van der Waals surface area (Å²) in [6.45, 7) is 0. The molecule has 0 aliphatic carbocycles. The van der Waals surface area contributed by atoms with Gasteiger partial charge in [-0.25, -0.2) is 4.98 Å². The van der Waals surface area contributed by atoms with Crippen molar-refractivity contribution in [3.63, 3.8) is 0 Å². The smallest absolute Gasteiger partial charge is 0.286 e. The molecule has 0 saturated carbocycles. The maximum atomic E-state index is 10.9. The van der Waals surface area contributed by atoms with Crippen LogP contribution >= 0.6 is 11.6 Å². The number of nitrogens with one attached hydrogen (secondary N) is 1. The topological polar surface area (TPSA) is 93.9 Å². The number of aromatic amines is 1. The number of halogens is 1. The molecule has 0 bridgehead atoms. The van der Waals surface area contributed by atoms with Gasteiger partial charge in [-0.15, -0.1) is 0 Å². The molecule has 0 radical (unpaired) electrons. The fraction of sp³-hybridized carbons (Fsp3) is 0.100. The second kappa shape index (κ2) is 4.42. The fourth-order valence-corrected chi connectivity index (χ4v) is 1.56. The number of carbonyl (C=O) groups is 1. The van der Waals surface area contributed by atoms with Crippen LogP contribution in [0.2, 0.25) is 5.02 Å². The van der Waals surface area contributed by atoms with E-state index in [1.807, 2.05) is 0 Å². The molecule has 17 heavy (non-hydrogen) atoms. The van der Waals surface area contributed by atoms with Crippen molar-refractivity contribution in [1.29, 1.82) is 0 Å². The van der Waals surface area contributed by atoms with E-state index in [0.29, 0.717) is 22.2 Å². The van der Waals surface area contributed by atoms with Crippen LogP contribution in [0.5, 0.6) is 5.75 Å². The zero-order valence-corrected chi connectivity index (χ0v) is 9.65. The zero-order chi connectivity index (χ0) is 12.4. The summed E-state index contributed by atoms with van der Waals surface area (Å²) in [5.41, 5.74) is 5.73.